The van der Waals surface area contributed by atoms with Crippen LogP contribution >= 0.6 is 0 Å². The summed E-state index contributed by atoms with van der Waals surface area (Å²) >= 11 is 0. The molecule has 0 aliphatic heterocycles. The van der Waals surface area contributed by atoms with Gasteiger partial charge in [0.15, 0.2) is 0 Å². The molecular weight excluding hydrogens is 205 g/mol. The predicted molar refractivity (Wildman–Crippen MR) is 53.6 cm³/mol. The van der Waals surface area contributed by atoms with Crippen molar-refractivity contribution in [2.45, 2.75) is 44.3 Å². The highest BCUT2D eigenvalue weighted by Crippen LogP contribution is 2.25. The van der Waals surface area contributed by atoms with E-state index in [4.69, 9.17) is 5.73 Å². The second-order valence-corrected chi connectivity index (χ2v) is 4.17. The van der Waals surface area contributed by atoms with E-state index in [9.17, 15) is 13.2 Å². The summed E-state index contributed by atoms with van der Waals surface area (Å²) in [6, 6.07) is 0.0870. The minimum Gasteiger partial charge on any atom is -0.329 e. The van der Waals surface area contributed by atoms with E-state index in [1.165, 1.54) is 4.90 Å². The maximum atomic E-state index is 12.3. The Balaban J connectivity index is 2.47. The summed E-state index contributed by atoms with van der Waals surface area (Å²) in [5.41, 5.74) is 5.35. The zero-order valence-electron chi connectivity index (χ0n) is 8.89. The van der Waals surface area contributed by atoms with E-state index in [1.54, 1.807) is 0 Å². The second kappa shape index (κ2) is 5.70. The number of hydrogen-bond acceptors (Lipinski definition) is 2. The van der Waals surface area contributed by atoms with Gasteiger partial charge in [0.05, 0.1) is 6.54 Å². The molecule has 0 radical (unpaired) electrons. The first kappa shape index (κ1) is 12.8. The van der Waals surface area contributed by atoms with Crippen molar-refractivity contribution >= 4 is 0 Å². The van der Waals surface area contributed by atoms with Crippen molar-refractivity contribution in [2.24, 2.45) is 5.73 Å². The Morgan fingerprint density at radius 2 is 1.73 bits per heavy atom. The number of halogens is 3. The number of alkyl halides is 3. The van der Waals surface area contributed by atoms with Crippen LogP contribution in [0.3, 0.4) is 0 Å². The average Bonchev–Trinajstić information content (AvgIpc) is 2.17. The van der Waals surface area contributed by atoms with Crippen molar-refractivity contribution in [3.05, 3.63) is 0 Å². The molecule has 0 aromatic rings. The molecule has 15 heavy (non-hydrogen) atoms. The fraction of sp³-hybridized carbons (Fsp3) is 1.00. The minimum atomic E-state index is -4.10. The number of nitrogens with two attached hydrogens (primary N) is 1. The Morgan fingerprint density at radius 3 is 2.20 bits per heavy atom. The molecule has 0 atom stereocenters. The molecule has 0 bridgehead atoms. The highest BCUT2D eigenvalue weighted by molar-refractivity contribution is 4.77. The van der Waals surface area contributed by atoms with Gasteiger partial charge in [-0.1, -0.05) is 19.3 Å². The average molecular weight is 224 g/mol. The quantitative estimate of drug-likeness (QED) is 0.792. The van der Waals surface area contributed by atoms with E-state index in [-0.39, 0.29) is 6.04 Å². The fourth-order valence-electron chi connectivity index (χ4n) is 2.23. The van der Waals surface area contributed by atoms with Crippen LogP contribution < -0.4 is 5.73 Å². The lowest BCUT2D eigenvalue weighted by atomic mass is 9.94. The third-order valence-electron chi connectivity index (χ3n) is 2.89. The summed E-state index contributed by atoms with van der Waals surface area (Å²) in [6.45, 7) is -0.161. The number of nitrogens with zero attached hydrogens (tertiary/aromatic N) is 1. The third kappa shape index (κ3) is 4.84. The highest BCUT2D eigenvalue weighted by Gasteiger charge is 2.33. The van der Waals surface area contributed by atoms with Gasteiger partial charge in [0.1, 0.15) is 0 Å². The van der Waals surface area contributed by atoms with Crippen molar-refractivity contribution in [1.29, 1.82) is 0 Å². The molecule has 0 heterocycles. The Hall–Kier alpha value is -0.290. The Kier molecular flexibility index (Phi) is 4.86. The van der Waals surface area contributed by atoms with Crippen molar-refractivity contribution < 1.29 is 13.2 Å². The van der Waals surface area contributed by atoms with Gasteiger partial charge in [-0.3, -0.25) is 4.90 Å². The summed E-state index contributed by atoms with van der Waals surface area (Å²) in [5, 5.41) is 0. The van der Waals surface area contributed by atoms with Gasteiger partial charge in [-0.2, -0.15) is 13.2 Å². The van der Waals surface area contributed by atoms with Crippen molar-refractivity contribution in [3.8, 4) is 0 Å². The molecule has 2 nitrogen and oxygen atoms in total. The van der Waals surface area contributed by atoms with Crippen molar-refractivity contribution in [2.75, 3.05) is 19.6 Å². The van der Waals surface area contributed by atoms with Gasteiger partial charge in [0.2, 0.25) is 0 Å². The molecular formula is C10H19F3N2. The first-order chi connectivity index (χ1) is 7.03. The monoisotopic (exact) mass is 224 g/mol. The standard InChI is InChI=1S/C10H19F3N2/c11-10(12,13)8-15(7-6-14)9-4-2-1-3-5-9/h9H,1-8,14H2. The molecule has 5 heteroatoms. The molecule has 1 rings (SSSR count). The van der Waals surface area contributed by atoms with E-state index in [0.29, 0.717) is 13.1 Å². The summed E-state index contributed by atoms with van der Waals surface area (Å²) in [7, 11) is 0. The van der Waals surface area contributed by atoms with E-state index >= 15 is 0 Å². The molecule has 0 unspecified atom stereocenters. The summed E-state index contributed by atoms with van der Waals surface area (Å²) < 4.78 is 36.9. The Labute approximate surface area is 88.6 Å². The lowest BCUT2D eigenvalue weighted by molar-refractivity contribution is -0.151. The Morgan fingerprint density at radius 1 is 1.13 bits per heavy atom. The molecule has 0 aromatic carbocycles. The lowest BCUT2D eigenvalue weighted by Crippen LogP contribution is -2.45. The van der Waals surface area contributed by atoms with Crippen LogP contribution in [0, 0.1) is 0 Å². The third-order valence-corrected chi connectivity index (χ3v) is 2.89. The van der Waals surface area contributed by atoms with Gasteiger partial charge < -0.3 is 5.73 Å². The molecule has 1 saturated carbocycles. The lowest BCUT2D eigenvalue weighted by Gasteiger charge is -2.34. The van der Waals surface area contributed by atoms with E-state index in [0.717, 1.165) is 32.1 Å². The molecule has 2 N–H and O–H groups in total. The summed E-state index contributed by atoms with van der Waals surface area (Å²) in [6.07, 6.45) is 0.908. The van der Waals surface area contributed by atoms with Gasteiger partial charge in [-0.25, -0.2) is 0 Å². The van der Waals surface area contributed by atoms with Gasteiger partial charge in [0, 0.05) is 19.1 Å². The van der Waals surface area contributed by atoms with Gasteiger partial charge in [-0.15, -0.1) is 0 Å². The summed E-state index contributed by atoms with van der Waals surface area (Å²) in [5.74, 6) is 0. The van der Waals surface area contributed by atoms with Crippen LogP contribution in [0.4, 0.5) is 13.2 Å². The van der Waals surface area contributed by atoms with Crippen LogP contribution in [-0.4, -0.2) is 36.8 Å². The zero-order chi connectivity index (χ0) is 11.3. The summed E-state index contributed by atoms with van der Waals surface area (Å²) in [4.78, 5) is 1.50. The molecule has 0 saturated heterocycles. The van der Waals surface area contributed by atoms with Gasteiger partial charge >= 0.3 is 6.18 Å². The van der Waals surface area contributed by atoms with Crippen LogP contribution in [0.1, 0.15) is 32.1 Å². The smallest absolute Gasteiger partial charge is 0.329 e. The maximum absolute atomic E-state index is 12.3. The Bertz CT molecular complexity index is 176. The van der Waals surface area contributed by atoms with Crippen LogP contribution in [0.2, 0.25) is 0 Å². The molecule has 0 spiro atoms. The van der Waals surface area contributed by atoms with Gasteiger partial charge in [0.25, 0.3) is 0 Å². The van der Waals surface area contributed by atoms with Crippen LogP contribution in [0.5, 0.6) is 0 Å². The van der Waals surface area contributed by atoms with Crippen LogP contribution in [0.15, 0.2) is 0 Å². The second-order valence-electron chi connectivity index (χ2n) is 4.17. The maximum Gasteiger partial charge on any atom is 0.401 e. The predicted octanol–water partition coefficient (Wildman–Crippen LogP) is 2.14. The first-order valence-electron chi connectivity index (χ1n) is 5.54. The zero-order valence-corrected chi connectivity index (χ0v) is 8.89. The molecule has 1 fully saturated rings. The molecule has 1 aliphatic carbocycles. The molecule has 90 valence electrons. The van der Waals surface area contributed by atoms with Crippen LogP contribution in [-0.2, 0) is 0 Å². The largest absolute Gasteiger partial charge is 0.401 e. The van der Waals surface area contributed by atoms with Gasteiger partial charge in [-0.05, 0) is 12.8 Å². The molecule has 0 amide bonds. The highest BCUT2D eigenvalue weighted by atomic mass is 19.4. The SMILES string of the molecule is NCCN(CC(F)(F)F)C1CCCCC1. The molecule has 1 aliphatic rings. The van der Waals surface area contributed by atoms with Crippen molar-refractivity contribution in [3.63, 3.8) is 0 Å². The minimum absolute atomic E-state index is 0.0870. The van der Waals surface area contributed by atoms with Crippen molar-refractivity contribution in [1.82, 2.24) is 4.90 Å². The normalized spacial score (nSPS) is 19.8. The topological polar surface area (TPSA) is 29.3 Å². The number of rotatable bonds is 4. The van der Waals surface area contributed by atoms with E-state index in [2.05, 4.69) is 0 Å². The molecule has 0 aromatic heterocycles. The van der Waals surface area contributed by atoms with E-state index < -0.39 is 12.7 Å². The fourth-order valence-corrected chi connectivity index (χ4v) is 2.23. The van der Waals surface area contributed by atoms with Crippen LogP contribution in [0.25, 0.3) is 0 Å². The van der Waals surface area contributed by atoms with E-state index in [1.807, 2.05) is 0 Å². The number of hydrogen-bond donors (Lipinski definition) is 1. The first-order valence-corrected chi connectivity index (χ1v) is 5.54.